The molecular formula is C18H30N2O. The predicted octanol–water partition coefficient (Wildman–Crippen LogP) is 4.04. The Labute approximate surface area is 129 Å². The smallest absolute Gasteiger partial charge is 0.0762 e. The topological polar surface area (TPSA) is 26.2 Å². The van der Waals surface area contributed by atoms with Gasteiger partial charge in [-0.15, -0.1) is 0 Å². The Bertz CT molecular complexity index is 448. The monoisotopic (exact) mass is 290 g/mol. The summed E-state index contributed by atoms with van der Waals surface area (Å²) in [4.78, 5) is 0. The minimum Gasteiger partial charge on any atom is -0.370 e. The van der Waals surface area contributed by atoms with E-state index in [4.69, 9.17) is 4.74 Å². The van der Waals surface area contributed by atoms with Crippen molar-refractivity contribution in [2.75, 3.05) is 6.54 Å². The van der Waals surface area contributed by atoms with Crippen molar-refractivity contribution in [3.05, 3.63) is 24.0 Å². The number of hydrogen-bond donors (Lipinski definition) is 1. The third-order valence-corrected chi connectivity index (χ3v) is 5.32. The molecule has 21 heavy (non-hydrogen) atoms. The second-order valence-corrected chi connectivity index (χ2v) is 6.89. The van der Waals surface area contributed by atoms with Gasteiger partial charge in [0, 0.05) is 24.5 Å². The van der Waals surface area contributed by atoms with Gasteiger partial charge in [-0.2, -0.15) is 0 Å². The van der Waals surface area contributed by atoms with E-state index in [-0.39, 0.29) is 5.60 Å². The lowest BCUT2D eigenvalue weighted by Crippen LogP contribution is -2.32. The van der Waals surface area contributed by atoms with Crippen molar-refractivity contribution in [1.29, 1.82) is 0 Å². The minimum absolute atomic E-state index is 0.240. The average Bonchev–Trinajstić information content (AvgIpc) is 3.08. The number of ether oxygens (including phenoxy) is 1. The summed E-state index contributed by atoms with van der Waals surface area (Å²) in [6.45, 7) is 6.43. The van der Waals surface area contributed by atoms with Crippen LogP contribution in [0.3, 0.4) is 0 Å². The minimum atomic E-state index is 0.240. The molecule has 2 heterocycles. The van der Waals surface area contributed by atoms with E-state index in [1.807, 2.05) is 0 Å². The van der Waals surface area contributed by atoms with Crippen LogP contribution in [-0.2, 0) is 11.3 Å². The van der Waals surface area contributed by atoms with Gasteiger partial charge in [0.15, 0.2) is 0 Å². The third kappa shape index (κ3) is 3.35. The first-order chi connectivity index (χ1) is 10.2. The Hall–Kier alpha value is -0.800. The maximum atomic E-state index is 6.52. The van der Waals surface area contributed by atoms with Crippen LogP contribution in [0.1, 0.15) is 70.5 Å². The van der Waals surface area contributed by atoms with Crippen molar-refractivity contribution in [2.45, 2.75) is 83.1 Å². The van der Waals surface area contributed by atoms with E-state index >= 15 is 0 Å². The standard InChI is InChI=1S/C18H30N2O/c1-3-19-15(2)17-8-7-13-20(17)14-16-9-12-18(21-16)10-5-4-6-11-18/h7-8,13,15-16,19H,3-6,9-12,14H2,1-2H3. The molecule has 1 N–H and O–H groups in total. The summed E-state index contributed by atoms with van der Waals surface area (Å²) in [6.07, 6.45) is 11.8. The van der Waals surface area contributed by atoms with E-state index in [2.05, 4.69) is 42.1 Å². The zero-order valence-electron chi connectivity index (χ0n) is 13.6. The molecule has 0 aromatic carbocycles. The summed E-state index contributed by atoms with van der Waals surface area (Å²) < 4.78 is 8.91. The molecule has 0 bridgehead atoms. The maximum absolute atomic E-state index is 6.52. The van der Waals surface area contributed by atoms with Crippen LogP contribution in [0.15, 0.2) is 18.3 Å². The first-order valence-corrected chi connectivity index (χ1v) is 8.79. The van der Waals surface area contributed by atoms with Gasteiger partial charge in [-0.1, -0.05) is 26.2 Å². The van der Waals surface area contributed by atoms with Gasteiger partial charge in [-0.25, -0.2) is 0 Å². The molecule has 0 amide bonds. The van der Waals surface area contributed by atoms with Crippen LogP contribution < -0.4 is 5.32 Å². The van der Waals surface area contributed by atoms with Crippen molar-refractivity contribution in [3.8, 4) is 0 Å². The quantitative estimate of drug-likeness (QED) is 0.885. The molecule has 0 radical (unpaired) electrons. The lowest BCUT2D eigenvalue weighted by Gasteiger charge is -2.33. The van der Waals surface area contributed by atoms with Crippen LogP contribution in [0.5, 0.6) is 0 Å². The average molecular weight is 290 g/mol. The normalized spacial score (nSPS) is 26.3. The molecule has 1 aromatic rings. The highest BCUT2D eigenvalue weighted by molar-refractivity contribution is 5.11. The van der Waals surface area contributed by atoms with E-state index in [0.29, 0.717) is 12.1 Å². The lowest BCUT2D eigenvalue weighted by molar-refractivity contribution is -0.0681. The molecule has 2 fully saturated rings. The molecule has 2 aliphatic rings. The number of hydrogen-bond acceptors (Lipinski definition) is 2. The number of nitrogens with one attached hydrogen (secondary N) is 1. The summed E-state index contributed by atoms with van der Waals surface area (Å²) in [5, 5.41) is 3.51. The van der Waals surface area contributed by atoms with Gasteiger partial charge in [-0.05, 0) is 51.3 Å². The van der Waals surface area contributed by atoms with Crippen LogP contribution in [-0.4, -0.2) is 22.8 Å². The Morgan fingerprint density at radius 3 is 2.90 bits per heavy atom. The number of nitrogens with zero attached hydrogens (tertiary/aromatic N) is 1. The highest BCUT2D eigenvalue weighted by atomic mass is 16.5. The summed E-state index contributed by atoms with van der Waals surface area (Å²) in [5.74, 6) is 0. The molecule has 2 unspecified atom stereocenters. The molecule has 1 saturated heterocycles. The van der Waals surface area contributed by atoms with E-state index < -0.39 is 0 Å². The van der Waals surface area contributed by atoms with Gasteiger partial charge in [0.1, 0.15) is 0 Å². The number of rotatable bonds is 5. The molecule has 3 heteroatoms. The van der Waals surface area contributed by atoms with Crippen LogP contribution >= 0.6 is 0 Å². The highest BCUT2D eigenvalue weighted by Crippen LogP contribution is 2.42. The number of aromatic nitrogens is 1. The Morgan fingerprint density at radius 1 is 1.33 bits per heavy atom. The van der Waals surface area contributed by atoms with E-state index in [1.54, 1.807) is 0 Å². The van der Waals surface area contributed by atoms with E-state index in [9.17, 15) is 0 Å². The second-order valence-electron chi connectivity index (χ2n) is 6.89. The van der Waals surface area contributed by atoms with Crippen molar-refractivity contribution in [3.63, 3.8) is 0 Å². The second kappa shape index (κ2) is 6.53. The molecule has 1 saturated carbocycles. The molecule has 3 nitrogen and oxygen atoms in total. The molecule has 1 aromatic heterocycles. The van der Waals surface area contributed by atoms with Crippen LogP contribution in [0.2, 0.25) is 0 Å². The van der Waals surface area contributed by atoms with E-state index in [0.717, 1.165) is 13.1 Å². The van der Waals surface area contributed by atoms with Gasteiger partial charge in [-0.3, -0.25) is 0 Å². The first-order valence-electron chi connectivity index (χ1n) is 8.79. The molecule has 118 valence electrons. The Balaban J connectivity index is 1.61. The van der Waals surface area contributed by atoms with Gasteiger partial charge < -0.3 is 14.6 Å². The zero-order valence-corrected chi connectivity index (χ0v) is 13.6. The van der Waals surface area contributed by atoms with Crippen molar-refractivity contribution >= 4 is 0 Å². The van der Waals surface area contributed by atoms with Crippen LogP contribution in [0.25, 0.3) is 0 Å². The lowest BCUT2D eigenvalue weighted by atomic mass is 9.83. The van der Waals surface area contributed by atoms with Crippen molar-refractivity contribution in [1.82, 2.24) is 9.88 Å². The largest absolute Gasteiger partial charge is 0.370 e. The molecule has 1 aliphatic heterocycles. The summed E-state index contributed by atoms with van der Waals surface area (Å²) in [6, 6.07) is 4.81. The SMILES string of the molecule is CCNC(C)c1cccn1CC1CCC2(CCCCC2)O1. The third-order valence-electron chi connectivity index (χ3n) is 5.32. The maximum Gasteiger partial charge on any atom is 0.0762 e. The van der Waals surface area contributed by atoms with Gasteiger partial charge in [0.2, 0.25) is 0 Å². The van der Waals surface area contributed by atoms with E-state index in [1.165, 1.54) is 50.6 Å². The fraction of sp³-hybridized carbons (Fsp3) is 0.778. The summed E-state index contributed by atoms with van der Waals surface area (Å²) in [5.41, 5.74) is 1.62. The van der Waals surface area contributed by atoms with Crippen LogP contribution in [0.4, 0.5) is 0 Å². The van der Waals surface area contributed by atoms with Crippen molar-refractivity contribution in [2.24, 2.45) is 0 Å². The van der Waals surface area contributed by atoms with Gasteiger partial charge in [0.25, 0.3) is 0 Å². The Kier molecular flexibility index (Phi) is 4.70. The predicted molar refractivity (Wildman–Crippen MR) is 86.4 cm³/mol. The van der Waals surface area contributed by atoms with Crippen molar-refractivity contribution < 1.29 is 4.74 Å². The molecule has 1 aliphatic carbocycles. The first kappa shape index (κ1) is 15.1. The van der Waals surface area contributed by atoms with Crippen LogP contribution in [0, 0.1) is 0 Å². The summed E-state index contributed by atoms with van der Waals surface area (Å²) >= 11 is 0. The summed E-state index contributed by atoms with van der Waals surface area (Å²) in [7, 11) is 0. The molecule has 3 rings (SSSR count). The molecule has 1 spiro atoms. The fourth-order valence-electron chi connectivity index (χ4n) is 4.20. The Morgan fingerprint density at radius 2 is 2.14 bits per heavy atom. The van der Waals surface area contributed by atoms with Gasteiger partial charge in [0.05, 0.1) is 11.7 Å². The molecular weight excluding hydrogens is 260 g/mol. The fourth-order valence-corrected chi connectivity index (χ4v) is 4.20. The zero-order chi connectivity index (χ0) is 14.7. The highest BCUT2D eigenvalue weighted by Gasteiger charge is 2.40. The molecule has 2 atom stereocenters. The van der Waals surface area contributed by atoms with Gasteiger partial charge >= 0.3 is 0 Å².